The SMILES string of the molecule is OC[C@H]1O[C@H](CN[C@@H]2c3ccccc3C[C@@H]2O)[C@@H](O)[C@@H]1O. The second-order valence-electron chi connectivity index (χ2n) is 5.73. The first-order valence-corrected chi connectivity index (χ1v) is 7.23. The first-order valence-electron chi connectivity index (χ1n) is 7.23. The summed E-state index contributed by atoms with van der Waals surface area (Å²) >= 11 is 0. The molecule has 116 valence electrons. The number of ether oxygens (including phenoxy) is 1. The molecule has 1 aliphatic heterocycles. The molecule has 6 heteroatoms. The molecule has 0 amide bonds. The lowest BCUT2D eigenvalue weighted by Gasteiger charge is -2.22. The van der Waals surface area contributed by atoms with E-state index in [0.717, 1.165) is 11.1 Å². The number of hydrogen-bond donors (Lipinski definition) is 5. The largest absolute Gasteiger partial charge is 0.394 e. The van der Waals surface area contributed by atoms with E-state index in [4.69, 9.17) is 9.84 Å². The van der Waals surface area contributed by atoms with Crippen LogP contribution in [-0.2, 0) is 11.2 Å². The normalized spacial score (nSPS) is 38.7. The van der Waals surface area contributed by atoms with Crippen LogP contribution in [0, 0.1) is 0 Å². The Morgan fingerprint density at radius 3 is 2.52 bits per heavy atom. The summed E-state index contributed by atoms with van der Waals surface area (Å²) in [6, 6.07) is 7.63. The first-order chi connectivity index (χ1) is 10.1. The van der Waals surface area contributed by atoms with Gasteiger partial charge in [-0.05, 0) is 11.1 Å². The van der Waals surface area contributed by atoms with Crippen LogP contribution in [0.2, 0.25) is 0 Å². The van der Waals surface area contributed by atoms with Crippen LogP contribution in [0.25, 0.3) is 0 Å². The highest BCUT2D eigenvalue weighted by molar-refractivity contribution is 5.36. The molecule has 0 aromatic heterocycles. The summed E-state index contributed by atoms with van der Waals surface area (Å²) in [6.45, 7) is -0.0333. The second-order valence-corrected chi connectivity index (χ2v) is 5.73. The fraction of sp³-hybridized carbons (Fsp3) is 0.600. The van der Waals surface area contributed by atoms with Crippen LogP contribution in [0.4, 0.5) is 0 Å². The van der Waals surface area contributed by atoms with Gasteiger partial charge in [0.05, 0.1) is 24.9 Å². The van der Waals surface area contributed by atoms with Crippen molar-refractivity contribution in [3.05, 3.63) is 35.4 Å². The third-order valence-corrected chi connectivity index (χ3v) is 4.38. The molecule has 5 N–H and O–H groups in total. The van der Waals surface area contributed by atoms with E-state index in [1.165, 1.54) is 0 Å². The van der Waals surface area contributed by atoms with Gasteiger partial charge in [0.1, 0.15) is 18.3 Å². The number of rotatable bonds is 4. The van der Waals surface area contributed by atoms with Crippen LogP contribution in [-0.4, -0.2) is 64.1 Å². The second kappa shape index (κ2) is 6.00. The van der Waals surface area contributed by atoms with Crippen molar-refractivity contribution in [3.8, 4) is 0 Å². The summed E-state index contributed by atoms with van der Waals surface area (Å²) < 4.78 is 5.42. The lowest BCUT2D eigenvalue weighted by Crippen LogP contribution is -2.40. The minimum atomic E-state index is -1.08. The van der Waals surface area contributed by atoms with Crippen molar-refractivity contribution in [2.75, 3.05) is 13.2 Å². The van der Waals surface area contributed by atoms with Gasteiger partial charge in [0.25, 0.3) is 0 Å². The number of aliphatic hydroxyl groups excluding tert-OH is 4. The lowest BCUT2D eigenvalue weighted by molar-refractivity contribution is -0.0229. The molecule has 0 radical (unpaired) electrons. The molecule has 0 spiro atoms. The van der Waals surface area contributed by atoms with E-state index in [-0.39, 0.29) is 12.6 Å². The van der Waals surface area contributed by atoms with Crippen LogP contribution in [0.15, 0.2) is 24.3 Å². The number of hydrogen-bond acceptors (Lipinski definition) is 6. The third kappa shape index (κ3) is 2.70. The molecule has 21 heavy (non-hydrogen) atoms. The van der Waals surface area contributed by atoms with Crippen LogP contribution in [0.3, 0.4) is 0 Å². The molecular formula is C15H21NO5. The van der Waals surface area contributed by atoms with Crippen molar-refractivity contribution >= 4 is 0 Å². The average Bonchev–Trinajstić information content (AvgIpc) is 2.95. The van der Waals surface area contributed by atoms with E-state index in [1.807, 2.05) is 24.3 Å². The van der Waals surface area contributed by atoms with Gasteiger partial charge < -0.3 is 30.5 Å². The van der Waals surface area contributed by atoms with Crippen LogP contribution in [0.1, 0.15) is 17.2 Å². The Morgan fingerprint density at radius 2 is 1.81 bits per heavy atom. The maximum absolute atomic E-state index is 10.1. The van der Waals surface area contributed by atoms with E-state index >= 15 is 0 Å². The van der Waals surface area contributed by atoms with E-state index in [0.29, 0.717) is 13.0 Å². The molecule has 6 nitrogen and oxygen atoms in total. The predicted octanol–water partition coefficient (Wildman–Crippen LogP) is -1.28. The van der Waals surface area contributed by atoms with E-state index in [2.05, 4.69) is 5.32 Å². The summed E-state index contributed by atoms with van der Waals surface area (Å²) in [7, 11) is 0. The maximum Gasteiger partial charge on any atom is 0.111 e. The number of aliphatic hydroxyl groups is 4. The maximum atomic E-state index is 10.1. The van der Waals surface area contributed by atoms with Gasteiger partial charge in [0.2, 0.25) is 0 Å². The molecule has 0 bridgehead atoms. The van der Waals surface area contributed by atoms with Crippen LogP contribution >= 0.6 is 0 Å². The molecule has 0 unspecified atom stereocenters. The van der Waals surface area contributed by atoms with Gasteiger partial charge in [0.15, 0.2) is 0 Å². The zero-order chi connectivity index (χ0) is 15.0. The standard InChI is InChI=1S/C15H21NO5/c17-7-12-15(20)14(19)11(21-12)6-16-13-9-4-2-1-3-8(9)5-10(13)18/h1-4,10-20H,5-7H2/t10-,11+,12+,13+,14+,15+/m0/s1. The van der Waals surface area contributed by atoms with Gasteiger partial charge in [-0.25, -0.2) is 0 Å². The van der Waals surface area contributed by atoms with Gasteiger partial charge in [-0.15, -0.1) is 0 Å². The molecule has 1 heterocycles. The summed E-state index contributed by atoms with van der Waals surface area (Å²) in [4.78, 5) is 0. The summed E-state index contributed by atoms with van der Waals surface area (Å²) in [6.07, 6.45) is -3.39. The molecule has 3 rings (SSSR count). The molecule has 1 aliphatic carbocycles. The average molecular weight is 295 g/mol. The highest BCUT2D eigenvalue weighted by atomic mass is 16.6. The third-order valence-electron chi connectivity index (χ3n) is 4.38. The minimum absolute atomic E-state index is 0.206. The summed E-state index contributed by atoms with van der Waals surface area (Å²) in [5.41, 5.74) is 2.17. The molecule has 1 saturated heterocycles. The summed E-state index contributed by atoms with van der Waals surface area (Å²) in [5, 5.41) is 42.0. The van der Waals surface area contributed by atoms with Gasteiger partial charge >= 0.3 is 0 Å². The number of benzene rings is 1. The minimum Gasteiger partial charge on any atom is -0.394 e. The smallest absolute Gasteiger partial charge is 0.111 e. The first kappa shape index (κ1) is 14.9. The van der Waals surface area contributed by atoms with Gasteiger partial charge in [-0.3, -0.25) is 0 Å². The number of nitrogens with one attached hydrogen (secondary N) is 1. The Kier molecular flexibility index (Phi) is 4.26. The van der Waals surface area contributed by atoms with E-state index < -0.39 is 30.5 Å². The molecule has 1 fully saturated rings. The van der Waals surface area contributed by atoms with Crippen molar-refractivity contribution in [1.82, 2.24) is 5.32 Å². The molecular weight excluding hydrogens is 274 g/mol. The lowest BCUT2D eigenvalue weighted by atomic mass is 10.1. The van der Waals surface area contributed by atoms with Crippen molar-refractivity contribution in [1.29, 1.82) is 0 Å². The highest BCUT2D eigenvalue weighted by Gasteiger charge is 2.42. The molecule has 6 atom stereocenters. The van der Waals surface area contributed by atoms with Gasteiger partial charge in [-0.1, -0.05) is 24.3 Å². The Balaban J connectivity index is 1.63. The number of fused-ring (bicyclic) bond motifs is 1. The quantitative estimate of drug-likeness (QED) is 0.474. The highest BCUT2D eigenvalue weighted by Crippen LogP contribution is 2.31. The summed E-state index contributed by atoms with van der Waals surface area (Å²) in [5.74, 6) is 0. The molecule has 0 saturated carbocycles. The Labute approximate surface area is 123 Å². The fourth-order valence-corrected chi connectivity index (χ4v) is 3.21. The van der Waals surface area contributed by atoms with E-state index in [1.54, 1.807) is 0 Å². The molecule has 2 aliphatic rings. The monoisotopic (exact) mass is 295 g/mol. The van der Waals surface area contributed by atoms with E-state index in [9.17, 15) is 15.3 Å². The van der Waals surface area contributed by atoms with Crippen molar-refractivity contribution in [2.24, 2.45) is 0 Å². The zero-order valence-corrected chi connectivity index (χ0v) is 11.6. The van der Waals surface area contributed by atoms with Crippen LogP contribution < -0.4 is 5.32 Å². The Bertz CT molecular complexity index is 497. The molecule has 1 aromatic carbocycles. The van der Waals surface area contributed by atoms with Crippen molar-refractivity contribution in [2.45, 2.75) is 43.0 Å². The topological polar surface area (TPSA) is 102 Å². The molecule has 1 aromatic rings. The van der Waals surface area contributed by atoms with Crippen molar-refractivity contribution in [3.63, 3.8) is 0 Å². The Morgan fingerprint density at radius 1 is 1.10 bits per heavy atom. The van der Waals surface area contributed by atoms with Gasteiger partial charge in [-0.2, -0.15) is 0 Å². The van der Waals surface area contributed by atoms with Gasteiger partial charge in [0, 0.05) is 13.0 Å². The van der Waals surface area contributed by atoms with Crippen molar-refractivity contribution < 1.29 is 25.2 Å². The zero-order valence-electron chi connectivity index (χ0n) is 11.6. The Hall–Kier alpha value is -1.02. The van der Waals surface area contributed by atoms with Crippen LogP contribution in [0.5, 0.6) is 0 Å². The fourth-order valence-electron chi connectivity index (χ4n) is 3.21. The predicted molar refractivity (Wildman–Crippen MR) is 74.7 cm³/mol.